The minimum atomic E-state index is -2.83. The maximum atomic E-state index is 14.9. The molecule has 0 radical (unpaired) electrons. The average molecular weight is 445 g/mol. The first-order valence-electron chi connectivity index (χ1n) is 9.41. The van der Waals surface area contributed by atoms with E-state index in [9.17, 15) is 18.0 Å². The lowest BCUT2D eigenvalue weighted by molar-refractivity contribution is -0.178. The molecule has 31 heavy (non-hydrogen) atoms. The van der Waals surface area contributed by atoms with Gasteiger partial charge >= 0.3 is 0 Å². The molecule has 1 amide bonds. The van der Waals surface area contributed by atoms with Gasteiger partial charge in [-0.25, -0.2) is 18.2 Å². The summed E-state index contributed by atoms with van der Waals surface area (Å²) in [5.74, 6) is -3.69. The summed E-state index contributed by atoms with van der Waals surface area (Å²) in [7, 11) is 0. The predicted octanol–water partition coefficient (Wildman–Crippen LogP) is 4.04. The molecule has 2 aromatic rings. The van der Waals surface area contributed by atoms with E-state index in [2.05, 4.69) is 15.3 Å². The van der Waals surface area contributed by atoms with E-state index in [4.69, 9.17) is 11.0 Å². The van der Waals surface area contributed by atoms with Crippen LogP contribution >= 0.6 is 11.8 Å². The fourth-order valence-electron chi connectivity index (χ4n) is 4.22. The molecule has 1 aliphatic carbocycles. The molecule has 6 nitrogen and oxygen atoms in total. The third-order valence-electron chi connectivity index (χ3n) is 5.93. The second kappa shape index (κ2) is 7.27. The summed E-state index contributed by atoms with van der Waals surface area (Å²) in [6, 6.07) is 8.71. The SMILES string of the molecule is C[C@]1(c2cc(NC(=O)c3ccc(C#N)cn3)ccc2F)N=C(N)SCC12CC(F)(F)C2. The Morgan fingerprint density at radius 3 is 2.65 bits per heavy atom. The van der Waals surface area contributed by atoms with Crippen LogP contribution in [0.1, 0.15) is 41.4 Å². The van der Waals surface area contributed by atoms with Crippen LogP contribution in [0.3, 0.4) is 0 Å². The Hall–Kier alpha value is -3.06. The molecule has 1 saturated carbocycles. The zero-order valence-corrected chi connectivity index (χ0v) is 17.3. The van der Waals surface area contributed by atoms with Gasteiger partial charge in [0.05, 0.1) is 11.1 Å². The molecule has 4 rings (SSSR count). The van der Waals surface area contributed by atoms with Crippen molar-refractivity contribution < 1.29 is 18.0 Å². The van der Waals surface area contributed by atoms with E-state index in [0.717, 1.165) is 0 Å². The normalized spacial score (nSPS) is 23.4. The zero-order valence-electron chi connectivity index (χ0n) is 16.5. The number of carbonyl (C=O) groups is 1. The summed E-state index contributed by atoms with van der Waals surface area (Å²) >= 11 is 1.19. The summed E-state index contributed by atoms with van der Waals surface area (Å²) in [5.41, 5.74) is 4.38. The topological polar surface area (TPSA) is 104 Å². The number of amides is 1. The number of halogens is 3. The number of nitriles is 1. The molecular formula is C21H18F3N5OS. The Bertz CT molecular complexity index is 1120. The van der Waals surface area contributed by atoms with Crippen molar-refractivity contribution in [2.45, 2.75) is 31.2 Å². The molecule has 1 fully saturated rings. The molecule has 1 aliphatic heterocycles. The smallest absolute Gasteiger partial charge is 0.274 e. The number of pyridine rings is 1. The van der Waals surface area contributed by atoms with Gasteiger partial charge in [0.1, 0.15) is 17.6 Å². The molecule has 1 spiro atoms. The number of amidine groups is 1. The van der Waals surface area contributed by atoms with Crippen LogP contribution in [0, 0.1) is 22.6 Å². The lowest BCUT2D eigenvalue weighted by Gasteiger charge is -2.57. The highest BCUT2D eigenvalue weighted by atomic mass is 32.2. The average Bonchev–Trinajstić information content (AvgIpc) is 2.71. The van der Waals surface area contributed by atoms with Gasteiger partial charge in [0.2, 0.25) is 5.92 Å². The van der Waals surface area contributed by atoms with Crippen molar-refractivity contribution in [1.82, 2.24) is 4.98 Å². The van der Waals surface area contributed by atoms with Crippen LogP contribution in [0.15, 0.2) is 41.5 Å². The van der Waals surface area contributed by atoms with Crippen LogP contribution in [0.5, 0.6) is 0 Å². The quantitative estimate of drug-likeness (QED) is 0.742. The molecule has 0 saturated heterocycles. The van der Waals surface area contributed by atoms with Crippen LogP contribution in [-0.2, 0) is 5.54 Å². The van der Waals surface area contributed by atoms with Crippen molar-refractivity contribution in [3.63, 3.8) is 0 Å². The van der Waals surface area contributed by atoms with E-state index in [1.54, 1.807) is 6.92 Å². The van der Waals surface area contributed by atoms with Crippen LogP contribution in [0.25, 0.3) is 0 Å². The Balaban J connectivity index is 1.67. The van der Waals surface area contributed by atoms with E-state index < -0.39 is 41.4 Å². The predicted molar refractivity (Wildman–Crippen MR) is 111 cm³/mol. The third-order valence-corrected chi connectivity index (χ3v) is 7.01. The van der Waals surface area contributed by atoms with Crippen LogP contribution in [0.2, 0.25) is 0 Å². The summed E-state index contributed by atoms with van der Waals surface area (Å²) in [6.07, 6.45) is 0.445. The molecule has 1 atom stereocenters. The van der Waals surface area contributed by atoms with Gasteiger partial charge in [-0.3, -0.25) is 9.79 Å². The Kier molecular flexibility index (Phi) is 4.97. The second-order valence-corrected chi connectivity index (χ2v) is 8.99. The van der Waals surface area contributed by atoms with E-state index in [1.165, 1.54) is 48.3 Å². The number of alkyl halides is 2. The number of nitrogens with two attached hydrogens (primary N) is 1. The monoisotopic (exact) mass is 445 g/mol. The molecular weight excluding hydrogens is 427 g/mol. The first kappa shape index (κ1) is 21.2. The standard InChI is InChI=1S/C21H18F3N5OS/c1-19(20(9-21(23,24)10-20)11-31-18(26)29-19)14-6-13(3-4-15(14)22)28-17(30)16-5-2-12(7-25)8-27-16/h2-6,8H,9-11H2,1H3,(H2,26,29)(H,28,30)/t19-/m1/s1. The maximum absolute atomic E-state index is 14.9. The Morgan fingerprint density at radius 2 is 2.03 bits per heavy atom. The van der Waals surface area contributed by atoms with Gasteiger partial charge in [0, 0.05) is 41.5 Å². The van der Waals surface area contributed by atoms with Gasteiger partial charge in [-0.05, 0) is 37.3 Å². The lowest BCUT2D eigenvalue weighted by Crippen LogP contribution is -2.60. The largest absolute Gasteiger partial charge is 0.379 e. The fraction of sp³-hybridized carbons (Fsp3) is 0.333. The van der Waals surface area contributed by atoms with Gasteiger partial charge in [-0.1, -0.05) is 11.8 Å². The van der Waals surface area contributed by atoms with Gasteiger partial charge in [0.25, 0.3) is 5.91 Å². The van der Waals surface area contributed by atoms with Gasteiger partial charge < -0.3 is 11.1 Å². The maximum Gasteiger partial charge on any atom is 0.274 e. The van der Waals surface area contributed by atoms with E-state index >= 15 is 0 Å². The first-order chi connectivity index (χ1) is 14.6. The van der Waals surface area contributed by atoms with E-state index in [-0.39, 0.29) is 22.1 Å². The molecule has 160 valence electrons. The minimum Gasteiger partial charge on any atom is -0.379 e. The molecule has 3 N–H and O–H groups in total. The number of nitrogens with one attached hydrogen (secondary N) is 1. The number of carbonyl (C=O) groups excluding carboxylic acids is 1. The van der Waals surface area contributed by atoms with Crippen LogP contribution in [0.4, 0.5) is 18.9 Å². The summed E-state index contributed by atoms with van der Waals surface area (Å²) in [5, 5.41) is 11.7. The van der Waals surface area contributed by atoms with Gasteiger partial charge in [-0.15, -0.1) is 0 Å². The Labute approximate surface area is 180 Å². The molecule has 1 aromatic carbocycles. The number of nitrogens with zero attached hydrogens (tertiary/aromatic N) is 3. The highest BCUT2D eigenvalue weighted by molar-refractivity contribution is 8.13. The van der Waals surface area contributed by atoms with Crippen molar-refractivity contribution in [2.24, 2.45) is 16.1 Å². The summed E-state index contributed by atoms with van der Waals surface area (Å²) in [6.45, 7) is 1.61. The Morgan fingerprint density at radius 1 is 1.29 bits per heavy atom. The van der Waals surface area contributed by atoms with Crippen molar-refractivity contribution in [3.05, 3.63) is 59.2 Å². The number of hydrogen-bond donors (Lipinski definition) is 2. The number of rotatable bonds is 3. The molecule has 2 heterocycles. The molecule has 0 bridgehead atoms. The van der Waals surface area contributed by atoms with E-state index in [1.807, 2.05) is 6.07 Å². The molecule has 2 aliphatic rings. The number of aromatic nitrogens is 1. The molecule has 10 heteroatoms. The molecule has 1 aromatic heterocycles. The second-order valence-electron chi connectivity index (χ2n) is 7.99. The minimum absolute atomic E-state index is 0.0718. The van der Waals surface area contributed by atoms with Crippen molar-refractivity contribution >= 4 is 28.5 Å². The van der Waals surface area contributed by atoms with Crippen molar-refractivity contribution in [3.8, 4) is 6.07 Å². The highest BCUT2D eigenvalue weighted by Gasteiger charge is 2.66. The first-order valence-corrected chi connectivity index (χ1v) is 10.4. The van der Waals surface area contributed by atoms with Crippen LogP contribution in [-0.4, -0.2) is 27.7 Å². The van der Waals surface area contributed by atoms with Crippen LogP contribution < -0.4 is 11.1 Å². The van der Waals surface area contributed by atoms with Gasteiger partial charge in [-0.2, -0.15) is 5.26 Å². The zero-order chi connectivity index (χ0) is 22.4. The van der Waals surface area contributed by atoms with Crippen molar-refractivity contribution in [1.29, 1.82) is 5.26 Å². The van der Waals surface area contributed by atoms with Crippen molar-refractivity contribution in [2.75, 3.05) is 11.1 Å². The number of aliphatic imine (C=N–C) groups is 1. The number of anilines is 1. The third kappa shape index (κ3) is 3.63. The summed E-state index contributed by atoms with van der Waals surface area (Å²) < 4.78 is 42.6. The highest BCUT2D eigenvalue weighted by Crippen LogP contribution is 2.65. The van der Waals surface area contributed by atoms with Gasteiger partial charge in [0.15, 0.2) is 5.17 Å². The lowest BCUT2D eigenvalue weighted by atomic mass is 9.55. The van der Waals surface area contributed by atoms with E-state index in [0.29, 0.717) is 11.3 Å². The number of benzene rings is 1. The molecule has 0 unspecified atom stereocenters. The number of thioether (sulfide) groups is 1. The fourth-order valence-corrected chi connectivity index (χ4v) is 5.38. The number of hydrogen-bond acceptors (Lipinski definition) is 6. The summed E-state index contributed by atoms with van der Waals surface area (Å²) in [4.78, 5) is 20.8.